The molecule has 0 fully saturated rings. The first kappa shape index (κ1) is 21.1. The highest BCUT2D eigenvalue weighted by molar-refractivity contribution is 7.92. The molecule has 8 heteroatoms. The van der Waals surface area contributed by atoms with Crippen molar-refractivity contribution in [2.24, 2.45) is 0 Å². The number of carbonyl (C=O) groups excluding carboxylic acids is 1. The third-order valence-electron chi connectivity index (χ3n) is 4.06. The Labute approximate surface area is 165 Å². The van der Waals surface area contributed by atoms with Gasteiger partial charge in [-0.2, -0.15) is 0 Å². The van der Waals surface area contributed by atoms with E-state index >= 15 is 0 Å². The van der Waals surface area contributed by atoms with Gasteiger partial charge in [-0.1, -0.05) is 36.7 Å². The molecule has 0 aliphatic carbocycles. The predicted molar refractivity (Wildman–Crippen MR) is 107 cm³/mol. The number of nitrogens with one attached hydrogen (secondary N) is 1. The van der Waals surface area contributed by atoms with E-state index in [2.05, 4.69) is 5.32 Å². The number of hydrogen-bond acceptors (Lipinski definition) is 4. The number of hydrogen-bond donors (Lipinski definition) is 1. The van der Waals surface area contributed by atoms with Crippen LogP contribution in [-0.4, -0.2) is 34.0 Å². The van der Waals surface area contributed by atoms with Crippen LogP contribution < -0.4 is 14.4 Å². The number of halogens is 1. The molecule has 0 aromatic heterocycles. The molecule has 2 aromatic rings. The number of benzene rings is 2. The van der Waals surface area contributed by atoms with Crippen molar-refractivity contribution in [1.29, 1.82) is 0 Å². The van der Waals surface area contributed by atoms with E-state index in [0.29, 0.717) is 5.75 Å². The Bertz CT molecular complexity index is 888. The minimum Gasteiger partial charge on any atom is -0.495 e. The number of rotatable bonds is 8. The summed E-state index contributed by atoms with van der Waals surface area (Å²) in [6.45, 7) is 3.44. The van der Waals surface area contributed by atoms with E-state index in [0.717, 1.165) is 10.7 Å². The molecule has 0 bridgehead atoms. The van der Waals surface area contributed by atoms with E-state index in [1.807, 2.05) is 13.8 Å². The summed E-state index contributed by atoms with van der Waals surface area (Å²) in [7, 11) is -2.48. The Morgan fingerprint density at radius 1 is 1.22 bits per heavy atom. The molecule has 1 atom stereocenters. The third kappa shape index (κ3) is 5.14. The SMILES string of the molecule is CC[C@@H](C)NC(=O)CN(c1ccc(OC)c(Cl)c1)S(=O)(=O)c1ccccc1. The summed E-state index contributed by atoms with van der Waals surface area (Å²) >= 11 is 6.17. The molecule has 0 aliphatic heterocycles. The Morgan fingerprint density at radius 2 is 1.89 bits per heavy atom. The summed E-state index contributed by atoms with van der Waals surface area (Å²) in [6.07, 6.45) is 0.742. The number of methoxy groups -OCH3 is 1. The molecule has 27 heavy (non-hydrogen) atoms. The highest BCUT2D eigenvalue weighted by atomic mass is 35.5. The lowest BCUT2D eigenvalue weighted by Gasteiger charge is -2.25. The summed E-state index contributed by atoms with van der Waals surface area (Å²) in [5.41, 5.74) is 0.281. The van der Waals surface area contributed by atoms with Crippen LogP contribution in [0.2, 0.25) is 5.02 Å². The lowest BCUT2D eigenvalue weighted by molar-refractivity contribution is -0.120. The number of amides is 1. The van der Waals surface area contributed by atoms with Crippen molar-refractivity contribution in [2.45, 2.75) is 31.2 Å². The number of carbonyl (C=O) groups is 1. The zero-order valence-electron chi connectivity index (χ0n) is 15.5. The number of anilines is 1. The van der Waals surface area contributed by atoms with Crippen LogP contribution in [0.1, 0.15) is 20.3 Å². The molecule has 2 rings (SSSR count). The zero-order chi connectivity index (χ0) is 20.0. The Morgan fingerprint density at radius 3 is 2.44 bits per heavy atom. The van der Waals surface area contributed by atoms with Gasteiger partial charge in [-0.3, -0.25) is 9.10 Å². The van der Waals surface area contributed by atoms with Crippen LogP contribution >= 0.6 is 11.6 Å². The molecule has 1 amide bonds. The molecular formula is C19H23ClN2O4S. The highest BCUT2D eigenvalue weighted by Crippen LogP contribution is 2.31. The predicted octanol–water partition coefficient (Wildman–Crippen LogP) is 3.46. The maximum Gasteiger partial charge on any atom is 0.264 e. The van der Waals surface area contributed by atoms with E-state index in [1.165, 1.54) is 25.3 Å². The first-order chi connectivity index (χ1) is 12.8. The van der Waals surface area contributed by atoms with Gasteiger partial charge < -0.3 is 10.1 Å². The van der Waals surface area contributed by atoms with Crippen molar-refractivity contribution < 1.29 is 17.9 Å². The number of sulfonamides is 1. The van der Waals surface area contributed by atoms with Gasteiger partial charge >= 0.3 is 0 Å². The summed E-state index contributed by atoms with van der Waals surface area (Å²) in [5, 5.41) is 3.04. The minimum absolute atomic E-state index is 0.0572. The van der Waals surface area contributed by atoms with Gasteiger partial charge in [0.2, 0.25) is 5.91 Å². The van der Waals surface area contributed by atoms with E-state index < -0.39 is 15.9 Å². The average Bonchev–Trinajstić information content (AvgIpc) is 2.66. The second kappa shape index (κ2) is 9.10. The fourth-order valence-corrected chi connectivity index (χ4v) is 4.08. The van der Waals surface area contributed by atoms with Crippen LogP contribution in [-0.2, 0) is 14.8 Å². The second-order valence-electron chi connectivity index (χ2n) is 6.02. The first-order valence-corrected chi connectivity index (χ1v) is 10.3. The normalized spacial score (nSPS) is 12.3. The fraction of sp³-hybridized carbons (Fsp3) is 0.316. The van der Waals surface area contributed by atoms with Gasteiger partial charge in [-0.15, -0.1) is 0 Å². The lowest BCUT2D eigenvalue weighted by atomic mass is 10.2. The van der Waals surface area contributed by atoms with Gasteiger partial charge in [0.15, 0.2) is 0 Å². The van der Waals surface area contributed by atoms with Gasteiger partial charge in [0.1, 0.15) is 12.3 Å². The average molecular weight is 411 g/mol. The standard InChI is InChI=1S/C19H23ClN2O4S/c1-4-14(2)21-19(23)13-22(15-10-11-18(26-3)17(20)12-15)27(24,25)16-8-6-5-7-9-16/h5-12,14H,4,13H2,1-3H3,(H,21,23)/t14-/m1/s1. The molecule has 0 saturated heterocycles. The number of ether oxygens (including phenoxy) is 1. The largest absolute Gasteiger partial charge is 0.495 e. The molecular weight excluding hydrogens is 388 g/mol. The summed E-state index contributed by atoms with van der Waals surface area (Å²) in [6, 6.07) is 12.5. The molecule has 0 aliphatic rings. The quantitative estimate of drug-likeness (QED) is 0.723. The van der Waals surface area contributed by atoms with Crippen molar-refractivity contribution in [1.82, 2.24) is 5.32 Å². The van der Waals surface area contributed by atoms with E-state index in [-0.39, 0.29) is 28.2 Å². The third-order valence-corrected chi connectivity index (χ3v) is 6.14. The van der Waals surface area contributed by atoms with Crippen molar-refractivity contribution in [2.75, 3.05) is 18.0 Å². The van der Waals surface area contributed by atoms with Gasteiger partial charge in [0.25, 0.3) is 10.0 Å². The van der Waals surface area contributed by atoms with Crippen LogP contribution in [0.15, 0.2) is 53.4 Å². The molecule has 1 N–H and O–H groups in total. The van der Waals surface area contributed by atoms with Crippen molar-refractivity contribution >= 4 is 33.2 Å². The van der Waals surface area contributed by atoms with E-state index in [9.17, 15) is 13.2 Å². The van der Waals surface area contributed by atoms with Crippen LogP contribution in [0.4, 0.5) is 5.69 Å². The maximum absolute atomic E-state index is 13.2. The maximum atomic E-state index is 13.2. The van der Waals surface area contributed by atoms with Gasteiger partial charge in [-0.25, -0.2) is 8.42 Å². The van der Waals surface area contributed by atoms with Crippen LogP contribution in [0, 0.1) is 0 Å². The lowest BCUT2D eigenvalue weighted by Crippen LogP contribution is -2.43. The molecule has 0 radical (unpaired) electrons. The van der Waals surface area contributed by atoms with E-state index in [1.54, 1.807) is 30.3 Å². The molecule has 0 saturated carbocycles. The summed E-state index contributed by atoms with van der Waals surface area (Å²) in [5.74, 6) is 0.0253. The molecule has 2 aromatic carbocycles. The first-order valence-electron chi connectivity index (χ1n) is 8.50. The molecule has 6 nitrogen and oxygen atoms in total. The van der Waals surface area contributed by atoms with Crippen molar-refractivity contribution in [3.05, 3.63) is 53.6 Å². The van der Waals surface area contributed by atoms with Gasteiger partial charge in [-0.05, 0) is 43.7 Å². The smallest absolute Gasteiger partial charge is 0.264 e. The summed E-state index contributed by atoms with van der Waals surface area (Å²) in [4.78, 5) is 12.5. The Hall–Kier alpha value is -2.25. The van der Waals surface area contributed by atoms with Crippen molar-refractivity contribution in [3.63, 3.8) is 0 Å². The topological polar surface area (TPSA) is 75.7 Å². The van der Waals surface area contributed by atoms with Crippen molar-refractivity contribution in [3.8, 4) is 5.75 Å². The fourth-order valence-electron chi connectivity index (χ4n) is 2.40. The van der Waals surface area contributed by atoms with Crippen LogP contribution in [0.3, 0.4) is 0 Å². The minimum atomic E-state index is -3.95. The van der Waals surface area contributed by atoms with Crippen LogP contribution in [0.25, 0.3) is 0 Å². The second-order valence-corrected chi connectivity index (χ2v) is 8.29. The Kier molecular flexibility index (Phi) is 7.10. The molecule has 0 unspecified atom stereocenters. The molecule has 0 heterocycles. The van der Waals surface area contributed by atoms with Gasteiger partial charge in [0.05, 0.1) is 22.7 Å². The monoisotopic (exact) mass is 410 g/mol. The highest BCUT2D eigenvalue weighted by Gasteiger charge is 2.28. The molecule has 0 spiro atoms. The van der Waals surface area contributed by atoms with Crippen LogP contribution in [0.5, 0.6) is 5.75 Å². The van der Waals surface area contributed by atoms with Gasteiger partial charge in [0, 0.05) is 6.04 Å². The van der Waals surface area contributed by atoms with E-state index in [4.69, 9.17) is 16.3 Å². The zero-order valence-corrected chi connectivity index (χ0v) is 17.0. The summed E-state index contributed by atoms with van der Waals surface area (Å²) < 4.78 is 32.5. The Balaban J connectivity index is 2.45. The number of nitrogens with zero attached hydrogens (tertiary/aromatic N) is 1. The molecule has 146 valence electrons.